The van der Waals surface area contributed by atoms with Gasteiger partial charge in [0.25, 0.3) is 10.0 Å². The van der Waals surface area contributed by atoms with Crippen LogP contribution in [0.3, 0.4) is 0 Å². The van der Waals surface area contributed by atoms with Gasteiger partial charge in [-0.1, -0.05) is 17.7 Å². The molecule has 1 aromatic carbocycles. The summed E-state index contributed by atoms with van der Waals surface area (Å²) in [4.78, 5) is 3.73. The molecule has 12 heteroatoms. The van der Waals surface area contributed by atoms with Gasteiger partial charge in [-0.25, -0.2) is 13.4 Å². The van der Waals surface area contributed by atoms with E-state index in [1.165, 1.54) is 30.5 Å². The molecule has 1 fully saturated rings. The molecule has 0 unspecified atom stereocenters. The summed E-state index contributed by atoms with van der Waals surface area (Å²) >= 11 is 6.07. The van der Waals surface area contributed by atoms with E-state index in [1.807, 2.05) is 27.7 Å². The van der Waals surface area contributed by atoms with Crippen LogP contribution < -0.4 is 14.9 Å². The number of halogens is 3. The van der Waals surface area contributed by atoms with Crippen molar-refractivity contribution in [3.63, 3.8) is 0 Å². The van der Waals surface area contributed by atoms with E-state index in [4.69, 9.17) is 20.9 Å². The van der Waals surface area contributed by atoms with Gasteiger partial charge in [-0.2, -0.15) is 8.78 Å². The Kier molecular flexibility index (Phi) is 6.03. The first-order valence-electron chi connectivity index (χ1n) is 8.89. The maximum Gasteiger partial charge on any atom is 0.496 e. The average molecular weight is 461 g/mol. The van der Waals surface area contributed by atoms with Crippen LogP contribution in [0.15, 0.2) is 41.4 Å². The summed E-state index contributed by atoms with van der Waals surface area (Å²) in [6.07, 6.45) is 1.43. The van der Waals surface area contributed by atoms with Crippen molar-refractivity contribution in [2.75, 3.05) is 4.72 Å². The van der Waals surface area contributed by atoms with Crippen LogP contribution in [0.4, 0.5) is 14.5 Å². The van der Waals surface area contributed by atoms with Gasteiger partial charge in [-0.05, 0) is 45.9 Å². The number of aromatic nitrogens is 1. The third-order valence-electron chi connectivity index (χ3n) is 4.97. The third-order valence-corrected chi connectivity index (χ3v) is 6.64. The molecule has 1 N–H and O–H groups in total. The van der Waals surface area contributed by atoms with Crippen molar-refractivity contribution in [1.29, 1.82) is 0 Å². The zero-order valence-corrected chi connectivity index (χ0v) is 18.2. The Morgan fingerprint density at radius 2 is 1.80 bits per heavy atom. The van der Waals surface area contributed by atoms with E-state index < -0.39 is 35.0 Å². The zero-order chi connectivity index (χ0) is 22.3. The van der Waals surface area contributed by atoms with Crippen LogP contribution >= 0.6 is 11.6 Å². The summed E-state index contributed by atoms with van der Waals surface area (Å²) in [6.45, 7) is 4.46. The minimum absolute atomic E-state index is 0.0101. The molecule has 1 aliphatic heterocycles. The van der Waals surface area contributed by atoms with Crippen LogP contribution in [-0.2, 0) is 19.3 Å². The van der Waals surface area contributed by atoms with Gasteiger partial charge in [-0.3, -0.25) is 4.72 Å². The minimum Gasteiger partial charge on any atom is -0.435 e. The molecule has 0 bridgehead atoms. The predicted molar refractivity (Wildman–Crippen MR) is 109 cm³/mol. The van der Waals surface area contributed by atoms with E-state index in [9.17, 15) is 17.2 Å². The predicted octanol–water partition coefficient (Wildman–Crippen LogP) is 3.44. The van der Waals surface area contributed by atoms with Crippen molar-refractivity contribution in [3.8, 4) is 5.75 Å². The van der Waals surface area contributed by atoms with Crippen molar-refractivity contribution in [1.82, 2.24) is 4.98 Å². The quantitative estimate of drug-likeness (QED) is 0.525. The van der Waals surface area contributed by atoms with Crippen LogP contribution in [0.5, 0.6) is 5.75 Å². The molecular weight excluding hydrogens is 441 g/mol. The maximum absolute atomic E-state index is 12.7. The van der Waals surface area contributed by atoms with Crippen molar-refractivity contribution >= 4 is 39.9 Å². The fraction of sp³-hybridized carbons (Fsp3) is 0.389. The first-order chi connectivity index (χ1) is 13.8. The topological polar surface area (TPSA) is 86.8 Å². The number of nitrogens with one attached hydrogen (secondary N) is 1. The number of hydrogen-bond donors (Lipinski definition) is 1. The monoisotopic (exact) mass is 460 g/mol. The summed E-state index contributed by atoms with van der Waals surface area (Å²) < 4.78 is 68.7. The van der Waals surface area contributed by atoms with Crippen LogP contribution in [0.25, 0.3) is 0 Å². The number of benzene rings is 1. The van der Waals surface area contributed by atoms with Gasteiger partial charge in [0.05, 0.1) is 21.8 Å². The Labute approximate surface area is 178 Å². The minimum atomic E-state index is -4.16. The highest BCUT2D eigenvalue weighted by molar-refractivity contribution is 7.92. The molecular formula is C18H20BClF2N2O5S. The van der Waals surface area contributed by atoms with Gasteiger partial charge < -0.3 is 14.0 Å². The second-order valence-corrected chi connectivity index (χ2v) is 9.69. The molecule has 0 atom stereocenters. The smallest absolute Gasteiger partial charge is 0.435 e. The van der Waals surface area contributed by atoms with E-state index in [2.05, 4.69) is 14.4 Å². The molecule has 0 spiro atoms. The molecule has 0 amide bonds. The molecule has 7 nitrogen and oxygen atoms in total. The summed E-state index contributed by atoms with van der Waals surface area (Å²) in [6, 6.07) is 6.17. The molecule has 0 radical (unpaired) electrons. The van der Waals surface area contributed by atoms with Gasteiger partial charge in [0.2, 0.25) is 0 Å². The number of alkyl halides is 2. The van der Waals surface area contributed by atoms with Crippen molar-refractivity contribution in [2.45, 2.75) is 50.4 Å². The molecule has 30 heavy (non-hydrogen) atoms. The molecule has 0 saturated carbocycles. The van der Waals surface area contributed by atoms with Gasteiger partial charge in [0.15, 0.2) is 5.15 Å². The molecule has 1 aromatic heterocycles. The van der Waals surface area contributed by atoms with E-state index in [0.29, 0.717) is 5.46 Å². The summed E-state index contributed by atoms with van der Waals surface area (Å²) in [5, 5.41) is -0.0983. The highest BCUT2D eigenvalue weighted by Crippen LogP contribution is 2.36. The normalized spacial score (nSPS) is 17.9. The second-order valence-electron chi connectivity index (χ2n) is 7.65. The van der Waals surface area contributed by atoms with E-state index in [-0.39, 0.29) is 21.5 Å². The number of sulfonamides is 1. The van der Waals surface area contributed by atoms with Crippen LogP contribution in [0.1, 0.15) is 27.7 Å². The summed E-state index contributed by atoms with van der Waals surface area (Å²) in [7, 11) is -4.93. The first-order valence-corrected chi connectivity index (χ1v) is 10.8. The molecule has 1 aliphatic rings. The highest BCUT2D eigenvalue weighted by atomic mass is 35.5. The Balaban J connectivity index is 1.88. The Morgan fingerprint density at radius 1 is 1.17 bits per heavy atom. The van der Waals surface area contributed by atoms with E-state index >= 15 is 0 Å². The van der Waals surface area contributed by atoms with Crippen molar-refractivity contribution in [3.05, 3.63) is 41.7 Å². The van der Waals surface area contributed by atoms with Gasteiger partial charge in [-0.15, -0.1) is 0 Å². The molecule has 162 valence electrons. The SMILES string of the molecule is CC1(C)OB(c2cnc(Cl)c(NS(=O)(=O)c3cccc(OC(F)F)c3)c2)OC1(C)C. The average Bonchev–Trinajstić information content (AvgIpc) is 2.84. The Morgan fingerprint density at radius 3 is 2.40 bits per heavy atom. The number of anilines is 1. The first kappa shape index (κ1) is 22.7. The fourth-order valence-electron chi connectivity index (χ4n) is 2.67. The number of ether oxygens (including phenoxy) is 1. The highest BCUT2D eigenvalue weighted by Gasteiger charge is 2.52. The largest absolute Gasteiger partial charge is 0.496 e. The second kappa shape index (κ2) is 7.95. The number of pyridine rings is 1. The number of nitrogens with zero attached hydrogens (tertiary/aromatic N) is 1. The lowest BCUT2D eigenvalue weighted by atomic mass is 9.80. The van der Waals surface area contributed by atoms with Crippen LogP contribution in [-0.4, -0.2) is 38.3 Å². The maximum atomic E-state index is 12.7. The molecule has 1 saturated heterocycles. The van der Waals surface area contributed by atoms with Gasteiger partial charge in [0.1, 0.15) is 5.75 Å². The van der Waals surface area contributed by atoms with E-state index in [0.717, 1.165) is 6.07 Å². The molecule has 2 aromatic rings. The number of hydrogen-bond acceptors (Lipinski definition) is 6. The lowest BCUT2D eigenvalue weighted by molar-refractivity contribution is -0.0499. The lowest BCUT2D eigenvalue weighted by Crippen LogP contribution is -2.41. The zero-order valence-electron chi connectivity index (χ0n) is 16.6. The summed E-state index contributed by atoms with van der Waals surface area (Å²) in [5.41, 5.74) is -0.737. The fourth-order valence-corrected chi connectivity index (χ4v) is 3.96. The molecule has 3 rings (SSSR count). The summed E-state index contributed by atoms with van der Waals surface area (Å²) in [5.74, 6) is -0.289. The molecule has 0 aliphatic carbocycles. The standard InChI is InChI=1S/C18H20BClF2N2O5S/c1-17(2)18(3,4)29-19(28-17)11-8-14(15(20)23-10-11)24-30(25,26)13-7-5-6-12(9-13)27-16(21)22/h5-10,16,24H,1-4H3. The van der Waals surface area contributed by atoms with Crippen molar-refractivity contribution < 1.29 is 31.2 Å². The Bertz CT molecular complexity index is 1040. The third kappa shape index (κ3) is 4.69. The van der Waals surface area contributed by atoms with Crippen LogP contribution in [0.2, 0.25) is 5.15 Å². The lowest BCUT2D eigenvalue weighted by Gasteiger charge is -2.32. The van der Waals surface area contributed by atoms with Crippen molar-refractivity contribution in [2.24, 2.45) is 0 Å². The Hall–Kier alpha value is -1.95. The van der Waals surface area contributed by atoms with E-state index in [1.54, 1.807) is 0 Å². The molecule has 2 heterocycles. The van der Waals surface area contributed by atoms with Gasteiger partial charge in [0, 0.05) is 17.7 Å². The number of rotatable bonds is 6. The van der Waals surface area contributed by atoms with Crippen LogP contribution in [0, 0.1) is 0 Å². The van der Waals surface area contributed by atoms with Gasteiger partial charge >= 0.3 is 13.7 Å².